The molecule has 1 aromatic rings. The third kappa shape index (κ3) is 16.1. The summed E-state index contributed by atoms with van der Waals surface area (Å²) in [6.45, 7) is 4.61. The van der Waals surface area contributed by atoms with E-state index in [1.807, 2.05) is 12.1 Å². The molecule has 1 rings (SSSR count). The van der Waals surface area contributed by atoms with E-state index < -0.39 is 0 Å². The average Bonchev–Trinajstić information content (AvgIpc) is 2.35. The van der Waals surface area contributed by atoms with E-state index in [0.29, 0.717) is 0 Å². The molecule has 0 amide bonds. The van der Waals surface area contributed by atoms with Crippen LogP contribution in [0.25, 0.3) is 0 Å². The largest absolute Gasteiger partial charge is 1.00 e. The van der Waals surface area contributed by atoms with Crippen LogP contribution < -0.4 is 35.4 Å². The summed E-state index contributed by atoms with van der Waals surface area (Å²) in [5, 5.41) is 0. The van der Waals surface area contributed by atoms with E-state index in [0.717, 1.165) is 27.7 Å². The molecule has 1 aromatic carbocycles. The monoisotopic (exact) mass is 450 g/mol. The van der Waals surface area contributed by atoms with Crippen LogP contribution in [0, 0.1) is 0 Å². The lowest BCUT2D eigenvalue weighted by Gasteiger charge is -2.30. The van der Waals surface area contributed by atoms with Gasteiger partial charge in [0.05, 0.1) is 55.4 Å². The third-order valence-corrected chi connectivity index (χ3v) is 3.77. The fourth-order valence-electron chi connectivity index (χ4n) is 2.53. The molecule has 0 aliphatic heterocycles. The number of rotatable bonds is 9. The molecule has 0 radical (unpaired) electrons. The lowest BCUT2D eigenvalue weighted by atomic mass is 10.2. The summed E-state index contributed by atoms with van der Waals surface area (Å²) >= 11 is 0. The molecule has 26 heavy (non-hydrogen) atoms. The normalized spacial score (nSPS) is 10.5. The first-order chi connectivity index (χ1) is 10.1. The highest BCUT2D eigenvalue weighted by molar-refractivity contribution is 5.85. The van der Waals surface area contributed by atoms with E-state index in [4.69, 9.17) is 5.73 Å². The van der Waals surface area contributed by atoms with Gasteiger partial charge in [-0.15, -0.1) is 24.8 Å². The molecular formula is C18H38Cl4N4. The van der Waals surface area contributed by atoms with Crippen molar-refractivity contribution in [2.45, 2.75) is 12.8 Å². The van der Waals surface area contributed by atoms with E-state index in [1.54, 1.807) is 0 Å². The fourth-order valence-corrected chi connectivity index (χ4v) is 2.53. The first-order valence-corrected chi connectivity index (χ1v) is 8.28. The van der Waals surface area contributed by atoms with Crippen molar-refractivity contribution in [1.29, 1.82) is 0 Å². The number of halogens is 4. The Morgan fingerprint density at radius 1 is 0.731 bits per heavy atom. The summed E-state index contributed by atoms with van der Waals surface area (Å²) in [6.07, 6.45) is 2.41. The molecule has 0 heterocycles. The van der Waals surface area contributed by atoms with Crippen LogP contribution in [0.15, 0.2) is 24.3 Å². The van der Waals surface area contributed by atoms with E-state index in [2.05, 4.69) is 59.3 Å². The zero-order valence-electron chi connectivity index (χ0n) is 17.0. The summed E-state index contributed by atoms with van der Waals surface area (Å²) in [6, 6.07) is 8.30. The van der Waals surface area contributed by atoms with Crippen LogP contribution in [0.2, 0.25) is 0 Å². The highest BCUT2D eigenvalue weighted by Gasteiger charge is 2.13. The SMILES string of the molecule is C[N+](C)(C)CCCN(CCC[N+](C)(C)C)c1ccc(N)cc1.Cl.Cl.[Cl-].[Cl-]. The lowest BCUT2D eigenvalue weighted by Crippen LogP contribution is -3.00. The van der Waals surface area contributed by atoms with E-state index in [1.165, 1.54) is 31.6 Å². The van der Waals surface area contributed by atoms with Gasteiger partial charge in [0.2, 0.25) is 0 Å². The van der Waals surface area contributed by atoms with Gasteiger partial charge in [-0.05, 0) is 24.3 Å². The molecule has 0 saturated carbocycles. The summed E-state index contributed by atoms with van der Waals surface area (Å²) in [7, 11) is 13.5. The van der Waals surface area contributed by atoms with Gasteiger partial charge < -0.3 is 44.4 Å². The zero-order valence-corrected chi connectivity index (χ0v) is 20.2. The Bertz CT molecular complexity index is 422. The van der Waals surface area contributed by atoms with Crippen molar-refractivity contribution in [1.82, 2.24) is 0 Å². The van der Waals surface area contributed by atoms with Gasteiger partial charge in [0.1, 0.15) is 0 Å². The van der Waals surface area contributed by atoms with E-state index in [-0.39, 0.29) is 49.6 Å². The Morgan fingerprint density at radius 2 is 1.08 bits per heavy atom. The van der Waals surface area contributed by atoms with Crippen LogP contribution in [0.3, 0.4) is 0 Å². The minimum Gasteiger partial charge on any atom is -1.00 e. The van der Waals surface area contributed by atoms with Gasteiger partial charge in [0.25, 0.3) is 0 Å². The van der Waals surface area contributed by atoms with Gasteiger partial charge in [-0.2, -0.15) is 0 Å². The number of nitrogen functional groups attached to an aromatic ring is 1. The number of nitrogens with two attached hydrogens (primary N) is 1. The molecule has 0 aromatic heterocycles. The highest BCUT2D eigenvalue weighted by atomic mass is 35.5. The molecule has 0 spiro atoms. The Morgan fingerprint density at radius 3 is 1.38 bits per heavy atom. The third-order valence-electron chi connectivity index (χ3n) is 3.77. The number of hydrogen-bond donors (Lipinski definition) is 1. The molecule has 0 aliphatic rings. The maximum Gasteiger partial charge on any atom is 0.0797 e. The number of nitrogens with zero attached hydrogens (tertiary/aromatic N) is 3. The molecule has 0 saturated heterocycles. The first kappa shape index (κ1) is 33.5. The average molecular weight is 452 g/mol. The van der Waals surface area contributed by atoms with Crippen LogP contribution in [0.4, 0.5) is 11.4 Å². The Balaban J connectivity index is -0.000000605. The molecule has 8 heteroatoms. The van der Waals surface area contributed by atoms with Crippen molar-refractivity contribution in [3.8, 4) is 0 Å². The molecule has 4 nitrogen and oxygen atoms in total. The maximum atomic E-state index is 5.82. The molecule has 2 N–H and O–H groups in total. The van der Waals surface area contributed by atoms with Crippen LogP contribution in [0.5, 0.6) is 0 Å². The predicted molar refractivity (Wildman–Crippen MR) is 113 cm³/mol. The van der Waals surface area contributed by atoms with Crippen LogP contribution in [-0.2, 0) is 0 Å². The van der Waals surface area contributed by atoms with Crippen molar-refractivity contribution in [2.75, 3.05) is 79.1 Å². The van der Waals surface area contributed by atoms with Crippen molar-refractivity contribution in [3.05, 3.63) is 24.3 Å². The summed E-state index contributed by atoms with van der Waals surface area (Å²) in [5.74, 6) is 0. The maximum absolute atomic E-state index is 5.82. The number of quaternary nitrogens is 2. The molecule has 0 bridgehead atoms. The van der Waals surface area contributed by atoms with Gasteiger partial charge in [0.15, 0.2) is 0 Å². The molecule has 0 atom stereocenters. The highest BCUT2D eigenvalue weighted by Crippen LogP contribution is 2.17. The van der Waals surface area contributed by atoms with Gasteiger partial charge in [-0.1, -0.05) is 0 Å². The second kappa shape index (κ2) is 14.9. The molecule has 158 valence electrons. The van der Waals surface area contributed by atoms with Gasteiger partial charge in [0, 0.05) is 37.3 Å². The Kier molecular flexibility index (Phi) is 19.2. The van der Waals surface area contributed by atoms with Crippen molar-refractivity contribution in [2.24, 2.45) is 0 Å². The molecule has 0 aliphatic carbocycles. The summed E-state index contributed by atoms with van der Waals surface area (Å²) < 4.78 is 2.04. The zero-order chi connectivity index (χ0) is 16.8. The van der Waals surface area contributed by atoms with Crippen LogP contribution in [-0.4, -0.2) is 77.4 Å². The fraction of sp³-hybridized carbons (Fsp3) is 0.667. The van der Waals surface area contributed by atoms with Gasteiger partial charge >= 0.3 is 0 Å². The Hall–Kier alpha value is -0.1000. The second-order valence-electron chi connectivity index (χ2n) is 8.31. The number of benzene rings is 1. The smallest absolute Gasteiger partial charge is 0.0797 e. The van der Waals surface area contributed by atoms with Crippen molar-refractivity contribution < 1.29 is 33.8 Å². The first-order valence-electron chi connectivity index (χ1n) is 8.28. The van der Waals surface area contributed by atoms with Gasteiger partial charge in [-0.3, -0.25) is 0 Å². The van der Waals surface area contributed by atoms with Crippen LogP contribution in [0.1, 0.15) is 12.8 Å². The second-order valence-corrected chi connectivity index (χ2v) is 8.31. The Labute approximate surface area is 185 Å². The van der Waals surface area contributed by atoms with Gasteiger partial charge in [-0.25, -0.2) is 0 Å². The van der Waals surface area contributed by atoms with E-state index >= 15 is 0 Å². The topological polar surface area (TPSA) is 29.3 Å². The minimum atomic E-state index is 0. The summed E-state index contributed by atoms with van der Waals surface area (Å²) in [5.41, 5.74) is 7.94. The molecule has 0 fully saturated rings. The standard InChI is InChI=1S/C18H36N4.4ClH/c1-21(2,3)15-7-13-20(14-8-16-22(4,5)6)18-11-9-17(19)10-12-18;;;;/h9-12H,7-8,13-16,19H2,1-6H3;4*1H/q+2;;;;/p-2. The van der Waals surface area contributed by atoms with Crippen molar-refractivity contribution in [3.63, 3.8) is 0 Å². The quantitative estimate of drug-likeness (QED) is 0.323. The number of hydrogen-bond acceptors (Lipinski definition) is 2. The molecule has 0 unspecified atom stereocenters. The minimum absolute atomic E-state index is 0. The predicted octanol–water partition coefficient (Wildman–Crippen LogP) is -2.88. The summed E-state index contributed by atoms with van der Waals surface area (Å²) in [4.78, 5) is 2.50. The lowest BCUT2D eigenvalue weighted by molar-refractivity contribution is -0.870. The van der Waals surface area contributed by atoms with Crippen molar-refractivity contribution >= 4 is 36.2 Å². The number of anilines is 2. The van der Waals surface area contributed by atoms with Crippen LogP contribution >= 0.6 is 24.8 Å². The van der Waals surface area contributed by atoms with E-state index in [9.17, 15) is 0 Å². The molecular weight excluding hydrogens is 414 g/mol.